The van der Waals surface area contributed by atoms with Gasteiger partial charge in [0.2, 0.25) is 12.6 Å². The lowest BCUT2D eigenvalue weighted by Gasteiger charge is -2.06. The van der Waals surface area contributed by atoms with Crippen molar-refractivity contribution in [3.8, 4) is 22.8 Å². The Labute approximate surface area is 138 Å². The van der Waals surface area contributed by atoms with E-state index in [1.54, 1.807) is 0 Å². The number of fused-ring (bicyclic) bond motifs is 1. The number of hydrogen-bond donors (Lipinski definition) is 1. The second kappa shape index (κ2) is 6.08. The van der Waals surface area contributed by atoms with Crippen molar-refractivity contribution in [2.45, 2.75) is 6.54 Å². The number of carbonyl (C=O) groups is 1. The van der Waals surface area contributed by atoms with E-state index >= 15 is 0 Å². The first kappa shape index (κ1) is 14.3. The fourth-order valence-electron chi connectivity index (χ4n) is 2.52. The third kappa shape index (κ3) is 2.69. The molecule has 3 aromatic rings. The summed E-state index contributed by atoms with van der Waals surface area (Å²) in [5, 5.41) is 2.83. The molecule has 0 fully saturated rings. The summed E-state index contributed by atoms with van der Waals surface area (Å²) >= 11 is 0. The molecule has 2 heterocycles. The maximum atomic E-state index is 12.4. The number of oxazole rings is 1. The highest BCUT2D eigenvalue weighted by molar-refractivity contribution is 5.97. The number of hydrogen-bond acceptors (Lipinski definition) is 5. The fraction of sp³-hybridized carbons (Fsp3) is 0.111. The zero-order valence-corrected chi connectivity index (χ0v) is 12.7. The van der Waals surface area contributed by atoms with Crippen LogP contribution >= 0.6 is 0 Å². The van der Waals surface area contributed by atoms with Crippen molar-refractivity contribution in [3.05, 3.63) is 66.2 Å². The highest BCUT2D eigenvalue weighted by Crippen LogP contribution is 2.32. The van der Waals surface area contributed by atoms with E-state index < -0.39 is 0 Å². The Morgan fingerprint density at radius 2 is 1.92 bits per heavy atom. The van der Waals surface area contributed by atoms with Crippen molar-refractivity contribution in [2.24, 2.45) is 0 Å². The van der Waals surface area contributed by atoms with Crippen LogP contribution in [0.15, 0.2) is 59.3 Å². The van der Waals surface area contributed by atoms with Crippen LogP contribution in [0.4, 0.5) is 0 Å². The molecular weight excluding hydrogens is 308 g/mol. The second-order valence-corrected chi connectivity index (χ2v) is 5.27. The van der Waals surface area contributed by atoms with Crippen molar-refractivity contribution in [2.75, 3.05) is 6.79 Å². The number of nitrogens with zero attached hydrogens (tertiary/aromatic N) is 1. The van der Waals surface area contributed by atoms with E-state index in [4.69, 9.17) is 13.9 Å². The number of amides is 1. The van der Waals surface area contributed by atoms with Crippen molar-refractivity contribution in [3.63, 3.8) is 0 Å². The minimum Gasteiger partial charge on any atom is -0.454 e. The lowest BCUT2D eigenvalue weighted by atomic mass is 10.1. The number of benzene rings is 2. The fourth-order valence-corrected chi connectivity index (χ4v) is 2.52. The van der Waals surface area contributed by atoms with E-state index in [0.717, 1.165) is 11.1 Å². The van der Waals surface area contributed by atoms with Crippen LogP contribution in [0.3, 0.4) is 0 Å². The summed E-state index contributed by atoms with van der Waals surface area (Å²) in [6.07, 6.45) is 1.28. The van der Waals surface area contributed by atoms with E-state index in [1.165, 1.54) is 6.39 Å². The first-order chi connectivity index (χ1) is 11.8. The van der Waals surface area contributed by atoms with Crippen molar-refractivity contribution in [1.82, 2.24) is 10.3 Å². The third-order valence-electron chi connectivity index (χ3n) is 3.71. The molecule has 0 bridgehead atoms. The van der Waals surface area contributed by atoms with Crippen molar-refractivity contribution < 1.29 is 18.7 Å². The molecule has 4 rings (SSSR count). The number of rotatable bonds is 4. The lowest BCUT2D eigenvalue weighted by molar-refractivity contribution is 0.0924. The summed E-state index contributed by atoms with van der Waals surface area (Å²) in [4.78, 5) is 16.6. The molecule has 24 heavy (non-hydrogen) atoms. The average molecular weight is 322 g/mol. The lowest BCUT2D eigenvalue weighted by Crippen LogP contribution is -2.22. The summed E-state index contributed by atoms with van der Waals surface area (Å²) in [6.45, 7) is 0.577. The molecule has 120 valence electrons. The molecule has 0 unspecified atom stereocenters. The van der Waals surface area contributed by atoms with Crippen LogP contribution in [0.1, 0.15) is 16.1 Å². The Balaban J connectivity index is 1.49. The molecule has 6 heteroatoms. The Morgan fingerprint density at radius 3 is 2.79 bits per heavy atom. The standard InChI is InChI=1S/C18H14N2O4/c21-18(17-16(20-10-22-17)13-4-2-1-3-5-13)19-9-12-6-7-14-15(8-12)24-11-23-14/h1-8,10H,9,11H2,(H,19,21). The predicted octanol–water partition coefficient (Wildman–Crippen LogP) is 3.00. The van der Waals surface area contributed by atoms with E-state index in [0.29, 0.717) is 23.7 Å². The highest BCUT2D eigenvalue weighted by Gasteiger charge is 2.19. The Kier molecular flexibility index (Phi) is 3.63. The Bertz CT molecular complexity index is 874. The first-order valence-electron chi connectivity index (χ1n) is 7.47. The summed E-state index contributed by atoms with van der Waals surface area (Å²) in [5.41, 5.74) is 2.27. The smallest absolute Gasteiger partial charge is 0.289 e. The first-order valence-corrected chi connectivity index (χ1v) is 7.47. The van der Waals surface area contributed by atoms with Crippen LogP contribution in [-0.4, -0.2) is 17.7 Å². The molecule has 2 aromatic carbocycles. The van der Waals surface area contributed by atoms with Crippen LogP contribution in [0.2, 0.25) is 0 Å². The third-order valence-corrected chi connectivity index (χ3v) is 3.71. The van der Waals surface area contributed by atoms with Gasteiger partial charge in [-0.2, -0.15) is 0 Å². The number of nitrogens with one attached hydrogen (secondary N) is 1. The molecule has 1 amide bonds. The largest absolute Gasteiger partial charge is 0.454 e. The topological polar surface area (TPSA) is 73.6 Å². The summed E-state index contributed by atoms with van der Waals surface area (Å²) in [7, 11) is 0. The van der Waals surface area contributed by atoms with Gasteiger partial charge in [0.05, 0.1) is 0 Å². The molecule has 1 aliphatic heterocycles. The van der Waals surface area contributed by atoms with E-state index in [9.17, 15) is 4.79 Å². The van der Waals surface area contributed by atoms with Gasteiger partial charge in [-0.25, -0.2) is 4.98 Å². The van der Waals surface area contributed by atoms with Gasteiger partial charge in [-0.3, -0.25) is 4.79 Å². The molecule has 1 N–H and O–H groups in total. The van der Waals surface area contributed by atoms with E-state index in [-0.39, 0.29) is 18.5 Å². The molecule has 1 aromatic heterocycles. The van der Waals surface area contributed by atoms with Crippen LogP contribution < -0.4 is 14.8 Å². The molecule has 6 nitrogen and oxygen atoms in total. The minimum absolute atomic E-state index is 0.196. The molecule has 1 aliphatic rings. The average Bonchev–Trinajstić information content (AvgIpc) is 3.29. The molecule has 0 saturated heterocycles. The molecule has 0 aliphatic carbocycles. The van der Waals surface area contributed by atoms with Gasteiger partial charge in [0.15, 0.2) is 17.9 Å². The summed E-state index contributed by atoms with van der Waals surface area (Å²) in [5.74, 6) is 1.28. The normalized spacial score (nSPS) is 12.2. The Hall–Kier alpha value is -3.28. The number of carbonyl (C=O) groups excluding carboxylic acids is 1. The molecule has 0 saturated carbocycles. The second-order valence-electron chi connectivity index (χ2n) is 5.27. The maximum Gasteiger partial charge on any atom is 0.289 e. The van der Waals surface area contributed by atoms with Crippen molar-refractivity contribution >= 4 is 5.91 Å². The van der Waals surface area contributed by atoms with Crippen LogP contribution in [-0.2, 0) is 6.54 Å². The monoisotopic (exact) mass is 322 g/mol. The SMILES string of the molecule is O=C(NCc1ccc2c(c1)OCO2)c1ocnc1-c1ccccc1. The summed E-state index contributed by atoms with van der Waals surface area (Å²) in [6, 6.07) is 15.0. The van der Waals surface area contributed by atoms with E-state index in [2.05, 4.69) is 10.3 Å². The quantitative estimate of drug-likeness (QED) is 0.799. The van der Waals surface area contributed by atoms with E-state index in [1.807, 2.05) is 48.5 Å². The van der Waals surface area contributed by atoms with Crippen LogP contribution in [0.5, 0.6) is 11.5 Å². The summed E-state index contributed by atoms with van der Waals surface area (Å²) < 4.78 is 15.9. The van der Waals surface area contributed by atoms with Gasteiger partial charge in [0.1, 0.15) is 5.69 Å². The molecule has 0 radical (unpaired) electrons. The number of ether oxygens (including phenoxy) is 2. The zero-order chi connectivity index (χ0) is 16.4. The van der Waals surface area contributed by atoms with Gasteiger partial charge in [-0.05, 0) is 17.7 Å². The van der Waals surface area contributed by atoms with Gasteiger partial charge in [-0.1, -0.05) is 36.4 Å². The van der Waals surface area contributed by atoms with Gasteiger partial charge in [0, 0.05) is 12.1 Å². The minimum atomic E-state index is -0.316. The van der Waals surface area contributed by atoms with Gasteiger partial charge in [-0.15, -0.1) is 0 Å². The van der Waals surface area contributed by atoms with Crippen LogP contribution in [0, 0.1) is 0 Å². The van der Waals surface area contributed by atoms with Gasteiger partial charge >= 0.3 is 0 Å². The van der Waals surface area contributed by atoms with Gasteiger partial charge in [0.25, 0.3) is 5.91 Å². The molecular formula is C18H14N2O4. The van der Waals surface area contributed by atoms with Crippen molar-refractivity contribution in [1.29, 1.82) is 0 Å². The number of aromatic nitrogens is 1. The Morgan fingerprint density at radius 1 is 1.08 bits per heavy atom. The van der Waals surface area contributed by atoms with Crippen LogP contribution in [0.25, 0.3) is 11.3 Å². The molecule has 0 spiro atoms. The highest BCUT2D eigenvalue weighted by atomic mass is 16.7. The maximum absolute atomic E-state index is 12.4. The predicted molar refractivity (Wildman–Crippen MR) is 85.7 cm³/mol. The van der Waals surface area contributed by atoms with Gasteiger partial charge < -0.3 is 19.2 Å². The zero-order valence-electron chi connectivity index (χ0n) is 12.7. The molecule has 0 atom stereocenters.